The highest BCUT2D eigenvalue weighted by atomic mass is 32.2. The number of benzene rings is 1. The van der Waals surface area contributed by atoms with Crippen molar-refractivity contribution >= 4 is 44.9 Å². The Morgan fingerprint density at radius 2 is 1.96 bits per heavy atom. The molecule has 7 nitrogen and oxygen atoms in total. The van der Waals surface area contributed by atoms with Crippen LogP contribution < -0.4 is 4.90 Å². The molecule has 0 aliphatic carbocycles. The van der Waals surface area contributed by atoms with Crippen molar-refractivity contribution in [2.24, 2.45) is 0 Å². The van der Waals surface area contributed by atoms with Gasteiger partial charge in [0.25, 0.3) is 0 Å². The van der Waals surface area contributed by atoms with Crippen LogP contribution in [0.15, 0.2) is 24.3 Å². The normalized spacial score (nSPS) is 21.4. The summed E-state index contributed by atoms with van der Waals surface area (Å²) in [5.41, 5.74) is 1.17. The average molecular weight is 412 g/mol. The first-order valence-electron chi connectivity index (χ1n) is 8.75. The molecular formula is C18H21NO6S2. The highest BCUT2D eigenvalue weighted by Gasteiger charge is 2.28. The molecule has 2 aliphatic rings. The van der Waals surface area contributed by atoms with Crippen molar-refractivity contribution < 1.29 is 27.5 Å². The maximum absolute atomic E-state index is 12.1. The molecule has 0 unspecified atom stereocenters. The second-order valence-electron chi connectivity index (χ2n) is 6.62. The lowest BCUT2D eigenvalue weighted by Gasteiger charge is -2.15. The third-order valence-corrected chi connectivity index (χ3v) is 7.82. The Kier molecular flexibility index (Phi) is 6.21. The molecule has 0 N–H and O–H groups in total. The van der Waals surface area contributed by atoms with Gasteiger partial charge < -0.3 is 9.64 Å². The fraction of sp³-hybridized carbons (Fsp3) is 0.500. The highest BCUT2D eigenvalue weighted by molar-refractivity contribution is 8.02. The predicted molar refractivity (Wildman–Crippen MR) is 103 cm³/mol. The fourth-order valence-electron chi connectivity index (χ4n) is 3.10. The summed E-state index contributed by atoms with van der Waals surface area (Å²) >= 11 is 1.26. The van der Waals surface area contributed by atoms with Crippen molar-refractivity contribution in [3.8, 4) is 0 Å². The summed E-state index contributed by atoms with van der Waals surface area (Å²) in [6.07, 6.45) is 1.92. The average Bonchev–Trinajstić information content (AvgIpc) is 3.22. The van der Waals surface area contributed by atoms with Gasteiger partial charge in [-0.25, -0.2) is 8.42 Å². The monoisotopic (exact) mass is 411 g/mol. The number of amides is 1. The molecule has 27 heavy (non-hydrogen) atoms. The van der Waals surface area contributed by atoms with Crippen LogP contribution in [0, 0.1) is 0 Å². The van der Waals surface area contributed by atoms with Crippen LogP contribution in [0.5, 0.6) is 0 Å². The molecule has 2 saturated heterocycles. The van der Waals surface area contributed by atoms with Gasteiger partial charge in [-0.1, -0.05) is 0 Å². The lowest BCUT2D eigenvalue weighted by Crippen LogP contribution is -2.23. The van der Waals surface area contributed by atoms with Crippen LogP contribution in [0.2, 0.25) is 0 Å². The SMILES string of the molecule is O=C(CS[C@@H]1CCS(=O)(=O)C1)OCC(=O)c1ccc(N2CCCC2=O)cc1. The van der Waals surface area contributed by atoms with E-state index in [0.717, 1.165) is 12.1 Å². The molecule has 0 bridgehead atoms. The van der Waals surface area contributed by atoms with Gasteiger partial charge in [0.15, 0.2) is 22.2 Å². The number of ketones is 1. The lowest BCUT2D eigenvalue weighted by molar-refractivity contribution is -0.139. The second-order valence-corrected chi connectivity index (χ2v) is 10.1. The standard InChI is InChI=1S/C18H21NO6S2/c20-16(10-25-18(22)11-26-15-7-9-27(23,24)12-15)13-3-5-14(6-4-13)19-8-1-2-17(19)21/h3-6,15H,1-2,7-12H2/t15-/m1/s1. The summed E-state index contributed by atoms with van der Waals surface area (Å²) in [6.45, 7) is 0.327. The second kappa shape index (κ2) is 8.43. The van der Waals surface area contributed by atoms with Gasteiger partial charge in [-0.3, -0.25) is 14.4 Å². The molecule has 2 fully saturated rings. The minimum Gasteiger partial charge on any atom is -0.457 e. The topological polar surface area (TPSA) is 97.8 Å². The van der Waals surface area contributed by atoms with Gasteiger partial charge in [-0.15, -0.1) is 11.8 Å². The first kappa shape index (κ1) is 19.9. The van der Waals surface area contributed by atoms with Crippen molar-refractivity contribution in [1.82, 2.24) is 0 Å². The van der Waals surface area contributed by atoms with Gasteiger partial charge in [0, 0.05) is 29.5 Å². The summed E-state index contributed by atoms with van der Waals surface area (Å²) in [5, 5.41) is -0.0842. The van der Waals surface area contributed by atoms with E-state index in [1.165, 1.54) is 11.8 Å². The molecule has 2 heterocycles. The smallest absolute Gasteiger partial charge is 0.316 e. The molecule has 9 heteroatoms. The molecule has 1 aromatic carbocycles. The molecular weight excluding hydrogens is 390 g/mol. The number of hydrogen-bond donors (Lipinski definition) is 0. The van der Waals surface area contributed by atoms with Crippen molar-refractivity contribution in [2.75, 3.05) is 35.3 Å². The molecule has 1 amide bonds. The Bertz CT molecular complexity index is 834. The molecule has 2 aliphatic heterocycles. The number of esters is 1. The highest BCUT2D eigenvalue weighted by Crippen LogP contribution is 2.24. The van der Waals surface area contributed by atoms with Crippen LogP contribution in [0.25, 0.3) is 0 Å². The summed E-state index contributed by atoms with van der Waals surface area (Å²) in [7, 11) is -2.97. The predicted octanol–water partition coefficient (Wildman–Crippen LogP) is 1.46. The van der Waals surface area contributed by atoms with E-state index in [2.05, 4.69) is 0 Å². The zero-order valence-corrected chi connectivity index (χ0v) is 16.4. The molecule has 146 valence electrons. The number of hydrogen-bond acceptors (Lipinski definition) is 7. The number of Topliss-reactive ketones (excluding diaryl/α,β-unsaturated/α-hetero) is 1. The van der Waals surface area contributed by atoms with E-state index >= 15 is 0 Å². The van der Waals surface area contributed by atoms with Gasteiger partial charge in [-0.05, 0) is 37.1 Å². The first-order chi connectivity index (χ1) is 12.8. The maximum Gasteiger partial charge on any atom is 0.316 e. The first-order valence-corrected chi connectivity index (χ1v) is 11.6. The number of carbonyl (C=O) groups excluding carboxylic acids is 3. The van der Waals surface area contributed by atoms with Gasteiger partial charge >= 0.3 is 5.97 Å². The maximum atomic E-state index is 12.1. The van der Waals surface area contributed by atoms with E-state index in [1.54, 1.807) is 29.2 Å². The molecule has 1 aromatic rings. The Hall–Kier alpha value is -1.87. The number of ether oxygens (including phenoxy) is 1. The van der Waals surface area contributed by atoms with Gasteiger partial charge in [0.1, 0.15) is 0 Å². The Morgan fingerprint density at radius 1 is 1.22 bits per heavy atom. The zero-order valence-electron chi connectivity index (χ0n) is 14.8. The molecule has 3 rings (SSSR count). The van der Waals surface area contributed by atoms with E-state index in [4.69, 9.17) is 4.74 Å². The van der Waals surface area contributed by atoms with Crippen molar-refractivity contribution in [3.05, 3.63) is 29.8 Å². The number of nitrogens with zero attached hydrogens (tertiary/aromatic N) is 1. The third kappa shape index (κ3) is 5.32. The number of thioether (sulfide) groups is 1. The summed E-state index contributed by atoms with van der Waals surface area (Å²) in [4.78, 5) is 37.3. The molecule has 0 radical (unpaired) electrons. The number of anilines is 1. The van der Waals surface area contributed by atoms with Crippen LogP contribution in [-0.2, 0) is 24.2 Å². The van der Waals surface area contributed by atoms with Gasteiger partial charge in [-0.2, -0.15) is 0 Å². The van der Waals surface area contributed by atoms with Gasteiger partial charge in [0.05, 0.1) is 17.3 Å². The van der Waals surface area contributed by atoms with Crippen LogP contribution in [-0.4, -0.2) is 61.7 Å². The van der Waals surface area contributed by atoms with E-state index in [1.807, 2.05) is 0 Å². The van der Waals surface area contributed by atoms with Crippen LogP contribution in [0.3, 0.4) is 0 Å². The molecule has 0 aromatic heterocycles. The minimum atomic E-state index is -2.97. The number of carbonyl (C=O) groups is 3. The van der Waals surface area contributed by atoms with E-state index in [0.29, 0.717) is 24.9 Å². The van der Waals surface area contributed by atoms with Crippen molar-refractivity contribution in [1.29, 1.82) is 0 Å². The van der Waals surface area contributed by atoms with Crippen LogP contribution in [0.1, 0.15) is 29.6 Å². The number of sulfone groups is 1. The third-order valence-electron chi connectivity index (χ3n) is 4.57. The Labute approximate surface area is 162 Å². The molecule has 0 saturated carbocycles. The van der Waals surface area contributed by atoms with E-state index < -0.39 is 15.8 Å². The summed E-state index contributed by atoms with van der Waals surface area (Å²) in [5.74, 6) is -0.486. The zero-order chi connectivity index (χ0) is 19.4. The summed E-state index contributed by atoms with van der Waals surface area (Å²) < 4.78 is 27.8. The summed E-state index contributed by atoms with van der Waals surface area (Å²) in [6, 6.07) is 6.67. The minimum absolute atomic E-state index is 0.0312. The quantitative estimate of drug-likeness (QED) is 0.495. The largest absolute Gasteiger partial charge is 0.457 e. The van der Waals surface area contributed by atoms with Crippen LogP contribution >= 0.6 is 11.8 Å². The molecule has 0 spiro atoms. The lowest BCUT2D eigenvalue weighted by atomic mass is 10.1. The van der Waals surface area contributed by atoms with Crippen molar-refractivity contribution in [3.63, 3.8) is 0 Å². The van der Waals surface area contributed by atoms with Crippen LogP contribution in [0.4, 0.5) is 5.69 Å². The Morgan fingerprint density at radius 3 is 2.56 bits per heavy atom. The Balaban J connectivity index is 1.43. The van der Waals surface area contributed by atoms with E-state index in [9.17, 15) is 22.8 Å². The number of rotatable bonds is 7. The van der Waals surface area contributed by atoms with Crippen molar-refractivity contribution in [2.45, 2.75) is 24.5 Å². The fourth-order valence-corrected chi connectivity index (χ4v) is 6.54. The van der Waals surface area contributed by atoms with Gasteiger partial charge in [0.2, 0.25) is 5.91 Å². The van der Waals surface area contributed by atoms with E-state index in [-0.39, 0.29) is 40.8 Å². The molecule has 1 atom stereocenters.